The minimum atomic E-state index is -0.311. The third-order valence-corrected chi connectivity index (χ3v) is 4.60. The third-order valence-electron chi connectivity index (χ3n) is 4.60. The summed E-state index contributed by atoms with van der Waals surface area (Å²) in [6.45, 7) is 7.49. The molecule has 5 unspecified atom stereocenters. The van der Waals surface area contributed by atoms with Gasteiger partial charge in [-0.1, -0.05) is 6.92 Å². The Morgan fingerprint density at radius 3 is 2.52 bits per heavy atom. The van der Waals surface area contributed by atoms with Crippen molar-refractivity contribution < 1.29 is 23.8 Å². The zero-order chi connectivity index (χ0) is 15.6. The molecule has 0 radical (unpaired) electrons. The molecule has 2 aliphatic rings. The Hall–Kier alpha value is -1.14. The maximum atomic E-state index is 12.7. The van der Waals surface area contributed by atoms with Crippen molar-refractivity contribution in [1.82, 2.24) is 4.90 Å². The smallest absolute Gasteiger partial charge is 0.308 e. The molecule has 5 atom stereocenters. The molecular weight excluding hydrogens is 274 g/mol. The van der Waals surface area contributed by atoms with E-state index >= 15 is 0 Å². The molecule has 1 amide bonds. The summed E-state index contributed by atoms with van der Waals surface area (Å²) in [5, 5.41) is 0. The van der Waals surface area contributed by atoms with E-state index in [0.29, 0.717) is 19.7 Å². The number of carbonyl (C=O) groups excluding carboxylic acids is 2. The Kier molecular flexibility index (Phi) is 5.22. The monoisotopic (exact) mass is 299 g/mol. The second kappa shape index (κ2) is 6.75. The van der Waals surface area contributed by atoms with Crippen LogP contribution in [0.25, 0.3) is 0 Å². The lowest BCUT2D eigenvalue weighted by Gasteiger charge is -2.35. The van der Waals surface area contributed by atoms with Gasteiger partial charge in [0, 0.05) is 13.1 Å². The number of carbonyl (C=O) groups is 2. The van der Waals surface area contributed by atoms with E-state index in [1.54, 1.807) is 4.90 Å². The maximum Gasteiger partial charge on any atom is 0.308 e. The first-order valence-electron chi connectivity index (χ1n) is 7.56. The average molecular weight is 299 g/mol. The maximum absolute atomic E-state index is 12.7. The van der Waals surface area contributed by atoms with Crippen molar-refractivity contribution in [3.8, 4) is 0 Å². The lowest BCUT2D eigenvalue weighted by Crippen LogP contribution is -2.50. The molecule has 21 heavy (non-hydrogen) atoms. The van der Waals surface area contributed by atoms with Gasteiger partial charge in [0.25, 0.3) is 0 Å². The zero-order valence-corrected chi connectivity index (χ0v) is 13.2. The van der Waals surface area contributed by atoms with Crippen molar-refractivity contribution in [3.05, 3.63) is 0 Å². The van der Waals surface area contributed by atoms with Crippen LogP contribution in [0.15, 0.2) is 0 Å². The third kappa shape index (κ3) is 3.55. The number of nitrogens with zero attached hydrogens (tertiary/aromatic N) is 1. The summed E-state index contributed by atoms with van der Waals surface area (Å²) in [4.78, 5) is 25.9. The van der Waals surface area contributed by atoms with E-state index in [1.807, 2.05) is 13.8 Å². The van der Waals surface area contributed by atoms with Gasteiger partial charge >= 0.3 is 5.97 Å². The largest absolute Gasteiger partial charge is 0.469 e. The molecule has 2 rings (SSSR count). The molecule has 0 aromatic rings. The zero-order valence-electron chi connectivity index (χ0n) is 13.2. The van der Waals surface area contributed by atoms with Gasteiger partial charge < -0.3 is 19.1 Å². The summed E-state index contributed by atoms with van der Waals surface area (Å²) in [7, 11) is 1.36. The first kappa shape index (κ1) is 16.2. The van der Waals surface area contributed by atoms with E-state index in [2.05, 4.69) is 11.7 Å². The highest BCUT2D eigenvalue weighted by atomic mass is 16.5. The van der Waals surface area contributed by atoms with Crippen molar-refractivity contribution in [2.24, 2.45) is 11.8 Å². The van der Waals surface area contributed by atoms with E-state index in [9.17, 15) is 9.59 Å². The van der Waals surface area contributed by atoms with Crippen LogP contribution in [0.1, 0.15) is 27.2 Å². The van der Waals surface area contributed by atoms with Crippen LogP contribution in [0.4, 0.5) is 0 Å². The summed E-state index contributed by atoms with van der Waals surface area (Å²) in [5.74, 6) is -0.113. The molecule has 2 saturated heterocycles. The SMILES string of the molecule is COC(=O)CC1CN(C(=O)C2C(C)OC(C)C2C)CCO1. The van der Waals surface area contributed by atoms with Crippen molar-refractivity contribution in [1.29, 1.82) is 0 Å². The van der Waals surface area contributed by atoms with Crippen LogP contribution >= 0.6 is 0 Å². The second-order valence-electron chi connectivity index (χ2n) is 5.99. The van der Waals surface area contributed by atoms with Crippen LogP contribution in [0.5, 0.6) is 0 Å². The number of rotatable bonds is 3. The standard InChI is InChI=1S/C15H25NO5/c1-9-10(2)21-11(3)14(9)15(18)16-5-6-20-12(8-16)7-13(17)19-4/h9-12,14H,5-8H2,1-4H3. The van der Waals surface area contributed by atoms with E-state index in [4.69, 9.17) is 9.47 Å². The molecule has 6 heteroatoms. The highest BCUT2D eigenvalue weighted by Gasteiger charge is 2.44. The molecule has 0 aromatic heterocycles. The van der Waals surface area contributed by atoms with Crippen molar-refractivity contribution in [3.63, 3.8) is 0 Å². The molecule has 2 aliphatic heterocycles. The van der Waals surface area contributed by atoms with Crippen LogP contribution in [0, 0.1) is 11.8 Å². The molecule has 2 heterocycles. The molecule has 0 saturated carbocycles. The fourth-order valence-corrected chi connectivity index (χ4v) is 3.22. The number of amides is 1. The van der Waals surface area contributed by atoms with Crippen LogP contribution in [-0.2, 0) is 23.8 Å². The topological polar surface area (TPSA) is 65.1 Å². The highest BCUT2D eigenvalue weighted by molar-refractivity contribution is 5.80. The molecule has 0 aromatic carbocycles. The van der Waals surface area contributed by atoms with Crippen LogP contribution in [0.2, 0.25) is 0 Å². The Labute approximate surface area is 125 Å². The van der Waals surface area contributed by atoms with E-state index in [0.717, 1.165) is 0 Å². The Morgan fingerprint density at radius 1 is 1.24 bits per heavy atom. The van der Waals surface area contributed by atoms with Crippen LogP contribution in [-0.4, -0.2) is 61.9 Å². The second-order valence-corrected chi connectivity index (χ2v) is 5.99. The van der Waals surface area contributed by atoms with Crippen molar-refractivity contribution in [2.75, 3.05) is 26.8 Å². The molecule has 120 valence electrons. The fraction of sp³-hybridized carbons (Fsp3) is 0.867. The number of ether oxygens (including phenoxy) is 3. The quantitative estimate of drug-likeness (QED) is 0.722. The number of methoxy groups -OCH3 is 1. The summed E-state index contributed by atoms with van der Waals surface area (Å²) < 4.78 is 16.0. The predicted octanol–water partition coefficient (Wildman–Crippen LogP) is 0.836. The van der Waals surface area contributed by atoms with Gasteiger partial charge in [0.1, 0.15) is 0 Å². The number of hydrogen-bond donors (Lipinski definition) is 0. The number of esters is 1. The molecule has 0 spiro atoms. The molecule has 6 nitrogen and oxygen atoms in total. The summed E-state index contributed by atoms with van der Waals surface area (Å²) in [5.41, 5.74) is 0. The molecular formula is C15H25NO5. The van der Waals surface area contributed by atoms with Gasteiger partial charge in [-0.3, -0.25) is 9.59 Å². The van der Waals surface area contributed by atoms with E-state index in [-0.39, 0.29) is 48.4 Å². The number of hydrogen-bond acceptors (Lipinski definition) is 5. The lowest BCUT2D eigenvalue weighted by molar-refractivity contribution is -0.152. The predicted molar refractivity (Wildman–Crippen MR) is 75.6 cm³/mol. The fourth-order valence-electron chi connectivity index (χ4n) is 3.22. The first-order valence-corrected chi connectivity index (χ1v) is 7.56. The van der Waals surface area contributed by atoms with Gasteiger partial charge in [-0.15, -0.1) is 0 Å². The van der Waals surface area contributed by atoms with Gasteiger partial charge in [-0.05, 0) is 19.8 Å². The molecule has 2 fully saturated rings. The average Bonchev–Trinajstić information content (AvgIpc) is 2.71. The Balaban J connectivity index is 1.97. The summed E-state index contributed by atoms with van der Waals surface area (Å²) in [6, 6.07) is 0. The van der Waals surface area contributed by atoms with Crippen molar-refractivity contribution >= 4 is 11.9 Å². The normalized spacial score (nSPS) is 36.6. The molecule has 0 aliphatic carbocycles. The summed E-state index contributed by atoms with van der Waals surface area (Å²) >= 11 is 0. The van der Waals surface area contributed by atoms with E-state index < -0.39 is 0 Å². The van der Waals surface area contributed by atoms with Crippen molar-refractivity contribution in [2.45, 2.75) is 45.5 Å². The Morgan fingerprint density at radius 2 is 1.95 bits per heavy atom. The Bertz CT molecular complexity index is 400. The first-order chi connectivity index (χ1) is 9.93. The minimum absolute atomic E-state index is 0.0654. The van der Waals surface area contributed by atoms with Crippen LogP contribution < -0.4 is 0 Å². The van der Waals surface area contributed by atoms with Gasteiger partial charge in [-0.25, -0.2) is 0 Å². The van der Waals surface area contributed by atoms with Gasteiger partial charge in [-0.2, -0.15) is 0 Å². The molecule has 0 N–H and O–H groups in total. The minimum Gasteiger partial charge on any atom is -0.469 e. The summed E-state index contributed by atoms with van der Waals surface area (Å²) in [6.07, 6.45) is -0.0612. The number of morpholine rings is 1. The lowest BCUT2D eigenvalue weighted by atomic mass is 9.88. The van der Waals surface area contributed by atoms with Gasteiger partial charge in [0.15, 0.2) is 0 Å². The highest BCUT2D eigenvalue weighted by Crippen LogP contribution is 2.33. The van der Waals surface area contributed by atoms with Crippen LogP contribution in [0.3, 0.4) is 0 Å². The van der Waals surface area contributed by atoms with Gasteiger partial charge in [0.05, 0.1) is 44.4 Å². The molecule has 0 bridgehead atoms. The van der Waals surface area contributed by atoms with E-state index in [1.165, 1.54) is 7.11 Å². The van der Waals surface area contributed by atoms with Gasteiger partial charge in [0.2, 0.25) is 5.91 Å².